The second-order valence-electron chi connectivity index (χ2n) is 7.67. The number of amides is 1. The summed E-state index contributed by atoms with van der Waals surface area (Å²) in [7, 11) is -3.74. The van der Waals surface area contributed by atoms with Crippen molar-refractivity contribution in [1.29, 1.82) is 0 Å². The lowest BCUT2D eigenvalue weighted by atomic mass is 9.98. The number of carbonyl (C=O) groups is 1. The highest BCUT2D eigenvalue weighted by molar-refractivity contribution is 7.89. The summed E-state index contributed by atoms with van der Waals surface area (Å²) in [5, 5.41) is 6.83. The van der Waals surface area contributed by atoms with Gasteiger partial charge in [0, 0.05) is 30.6 Å². The molecule has 8 nitrogen and oxygen atoms in total. The van der Waals surface area contributed by atoms with Gasteiger partial charge in [0.1, 0.15) is 0 Å². The zero-order valence-electron chi connectivity index (χ0n) is 17.6. The van der Waals surface area contributed by atoms with Crippen LogP contribution in [0.4, 0.5) is 5.69 Å². The van der Waals surface area contributed by atoms with Gasteiger partial charge in [-0.05, 0) is 44.4 Å². The molecule has 3 aromatic rings. The molecule has 0 unspecified atom stereocenters. The molecule has 0 saturated carbocycles. The number of nitrogens with zero attached hydrogens (tertiary/aromatic N) is 3. The lowest BCUT2D eigenvalue weighted by Crippen LogP contribution is -2.43. The van der Waals surface area contributed by atoms with E-state index >= 15 is 0 Å². The molecule has 4 rings (SSSR count). The van der Waals surface area contributed by atoms with Crippen molar-refractivity contribution in [2.75, 3.05) is 18.4 Å². The summed E-state index contributed by atoms with van der Waals surface area (Å²) in [4.78, 5) is 18.5. The fourth-order valence-corrected chi connectivity index (χ4v) is 6.70. The number of aryl methyl sites for hydroxylation is 3. The molecule has 1 aromatic carbocycles. The molecule has 0 radical (unpaired) electrons. The van der Waals surface area contributed by atoms with Gasteiger partial charge in [-0.3, -0.25) is 4.79 Å². The molecule has 2 aromatic heterocycles. The largest absolute Gasteiger partial charge is 0.339 e. The molecular weight excluding hydrogens is 436 g/mol. The zero-order chi connectivity index (χ0) is 22.2. The van der Waals surface area contributed by atoms with Gasteiger partial charge in [-0.25, -0.2) is 8.42 Å². The minimum atomic E-state index is -3.74. The van der Waals surface area contributed by atoms with E-state index in [1.165, 1.54) is 15.6 Å². The van der Waals surface area contributed by atoms with E-state index in [9.17, 15) is 13.2 Å². The van der Waals surface area contributed by atoms with Crippen LogP contribution < -0.4 is 5.32 Å². The summed E-state index contributed by atoms with van der Waals surface area (Å²) < 4.78 is 33.2. The topological polar surface area (TPSA) is 105 Å². The van der Waals surface area contributed by atoms with E-state index in [1.54, 1.807) is 19.9 Å². The first-order valence-corrected chi connectivity index (χ1v) is 12.3. The zero-order valence-corrected chi connectivity index (χ0v) is 19.2. The molecule has 1 aliphatic heterocycles. The van der Waals surface area contributed by atoms with Crippen LogP contribution in [0.2, 0.25) is 0 Å². The van der Waals surface area contributed by atoms with Crippen molar-refractivity contribution in [3.63, 3.8) is 0 Å². The van der Waals surface area contributed by atoms with Gasteiger partial charge in [-0.1, -0.05) is 23.4 Å². The Balaban J connectivity index is 1.53. The average molecular weight is 461 g/mol. The maximum Gasteiger partial charge on any atom is 0.244 e. The highest BCUT2D eigenvalue weighted by atomic mass is 32.2. The number of rotatable bonds is 5. The van der Waals surface area contributed by atoms with Crippen molar-refractivity contribution in [3.8, 4) is 10.7 Å². The summed E-state index contributed by atoms with van der Waals surface area (Å²) in [6.07, 6.45) is 1.28. The summed E-state index contributed by atoms with van der Waals surface area (Å²) >= 11 is 1.31. The Labute approximate surface area is 185 Å². The first-order chi connectivity index (χ1) is 14.8. The summed E-state index contributed by atoms with van der Waals surface area (Å²) in [6, 6.07) is 9.14. The van der Waals surface area contributed by atoms with Crippen molar-refractivity contribution in [2.24, 2.45) is 5.92 Å². The fraction of sp³-hybridized carbons (Fsp3) is 0.381. The van der Waals surface area contributed by atoms with Gasteiger partial charge in [0.2, 0.25) is 27.6 Å². The molecule has 0 spiro atoms. The van der Waals surface area contributed by atoms with Gasteiger partial charge in [0.05, 0.1) is 15.7 Å². The highest BCUT2D eigenvalue weighted by Gasteiger charge is 2.35. The minimum Gasteiger partial charge on any atom is -0.339 e. The number of thiophene rings is 1. The van der Waals surface area contributed by atoms with E-state index in [0.29, 0.717) is 40.9 Å². The van der Waals surface area contributed by atoms with Gasteiger partial charge < -0.3 is 9.84 Å². The number of benzene rings is 1. The van der Waals surface area contributed by atoms with Gasteiger partial charge in [-0.2, -0.15) is 9.29 Å². The average Bonchev–Trinajstić information content (AvgIpc) is 3.35. The summed E-state index contributed by atoms with van der Waals surface area (Å²) in [6.45, 7) is 5.93. The second-order valence-corrected chi connectivity index (χ2v) is 10.8. The van der Waals surface area contributed by atoms with Gasteiger partial charge in [-0.15, -0.1) is 11.3 Å². The number of piperidine rings is 1. The van der Waals surface area contributed by atoms with E-state index < -0.39 is 15.9 Å². The summed E-state index contributed by atoms with van der Waals surface area (Å²) in [5.41, 5.74) is 1.72. The van der Waals surface area contributed by atoms with Crippen LogP contribution in [0.15, 0.2) is 39.8 Å². The molecule has 1 N–H and O–H groups in total. The fourth-order valence-electron chi connectivity index (χ4n) is 3.69. The monoisotopic (exact) mass is 460 g/mol. The first kappa shape index (κ1) is 21.7. The standard InChI is InChI=1S/C21H24N4O4S2/c1-13-7-4-5-9-17(13)23-21(26)16-8-6-10-25(12-16)31(27,28)19-11-18(30-14(19)2)20-22-15(3)29-24-20/h4-5,7,9,11,16H,6,8,10,12H2,1-3H3,(H,23,26)/t16-/m0/s1. The van der Waals surface area contributed by atoms with Crippen molar-refractivity contribution in [1.82, 2.24) is 14.4 Å². The minimum absolute atomic E-state index is 0.154. The number of anilines is 1. The molecule has 3 heterocycles. The Bertz CT molecular complexity index is 1220. The lowest BCUT2D eigenvalue weighted by molar-refractivity contribution is -0.120. The van der Waals surface area contributed by atoms with E-state index in [2.05, 4.69) is 15.5 Å². The third-order valence-corrected chi connectivity index (χ3v) is 8.56. The van der Waals surface area contributed by atoms with Crippen LogP contribution in [0.3, 0.4) is 0 Å². The van der Waals surface area contributed by atoms with Crippen LogP contribution in [0.5, 0.6) is 0 Å². The smallest absolute Gasteiger partial charge is 0.244 e. The number of hydrogen-bond donors (Lipinski definition) is 1. The third kappa shape index (κ3) is 4.41. The van der Waals surface area contributed by atoms with Gasteiger partial charge >= 0.3 is 0 Å². The Kier molecular flexibility index (Phi) is 5.96. The molecule has 0 bridgehead atoms. The van der Waals surface area contributed by atoms with E-state index in [-0.39, 0.29) is 17.3 Å². The third-order valence-electron chi connectivity index (χ3n) is 5.40. The molecule has 1 aliphatic rings. The molecule has 1 atom stereocenters. The SMILES string of the molecule is Cc1nc(-c2cc(S(=O)(=O)N3CCC[C@H](C(=O)Nc4ccccc4C)C3)c(C)s2)no1. The molecule has 0 aliphatic carbocycles. The number of carbonyl (C=O) groups excluding carboxylic acids is 1. The van der Waals surface area contributed by atoms with Crippen molar-refractivity contribution in [2.45, 2.75) is 38.5 Å². The molecule has 164 valence electrons. The molecule has 10 heteroatoms. The van der Waals surface area contributed by atoms with E-state index in [4.69, 9.17) is 4.52 Å². The number of aromatic nitrogens is 2. The van der Waals surface area contributed by atoms with Gasteiger partial charge in [0.25, 0.3) is 0 Å². The predicted octanol–water partition coefficient (Wildman–Crippen LogP) is 3.76. The van der Waals surface area contributed by atoms with Gasteiger partial charge in [0.15, 0.2) is 0 Å². The molecule has 1 amide bonds. The van der Waals surface area contributed by atoms with Crippen LogP contribution in [-0.2, 0) is 14.8 Å². The Hall–Kier alpha value is -2.56. The quantitative estimate of drug-likeness (QED) is 0.621. The molecular formula is C21H24N4O4S2. The lowest BCUT2D eigenvalue weighted by Gasteiger charge is -2.31. The van der Waals surface area contributed by atoms with Crippen LogP contribution in [0, 0.1) is 26.7 Å². The van der Waals surface area contributed by atoms with E-state index in [1.807, 2.05) is 31.2 Å². The van der Waals surface area contributed by atoms with Crippen LogP contribution in [0.25, 0.3) is 10.7 Å². The van der Waals surface area contributed by atoms with Crippen molar-refractivity contribution < 1.29 is 17.7 Å². The van der Waals surface area contributed by atoms with Crippen LogP contribution in [0.1, 0.15) is 29.2 Å². The number of nitrogens with one attached hydrogen (secondary N) is 1. The Morgan fingerprint density at radius 1 is 1.26 bits per heavy atom. The van der Waals surface area contributed by atoms with Crippen LogP contribution >= 0.6 is 11.3 Å². The van der Waals surface area contributed by atoms with Crippen molar-refractivity contribution in [3.05, 3.63) is 46.7 Å². The maximum absolute atomic E-state index is 13.4. The predicted molar refractivity (Wildman–Crippen MR) is 118 cm³/mol. The Morgan fingerprint density at radius 2 is 2.03 bits per heavy atom. The first-order valence-electron chi connectivity index (χ1n) is 10.0. The number of para-hydroxylation sites is 1. The Morgan fingerprint density at radius 3 is 2.74 bits per heavy atom. The number of hydrogen-bond acceptors (Lipinski definition) is 7. The molecule has 31 heavy (non-hydrogen) atoms. The maximum atomic E-state index is 13.4. The summed E-state index contributed by atoms with van der Waals surface area (Å²) in [5.74, 6) is 0.241. The van der Waals surface area contributed by atoms with E-state index in [0.717, 1.165) is 11.3 Å². The molecule has 1 saturated heterocycles. The normalized spacial score (nSPS) is 17.6. The van der Waals surface area contributed by atoms with Crippen molar-refractivity contribution >= 4 is 33.0 Å². The number of sulfonamides is 1. The molecule has 1 fully saturated rings. The second kappa shape index (κ2) is 8.52. The van der Waals surface area contributed by atoms with Crippen LogP contribution in [-0.4, -0.2) is 41.9 Å². The highest BCUT2D eigenvalue weighted by Crippen LogP contribution is 2.35.